The fourth-order valence-corrected chi connectivity index (χ4v) is 5.80. The van der Waals surface area contributed by atoms with Crippen LogP contribution in [0.4, 0.5) is 0 Å². The van der Waals surface area contributed by atoms with Gasteiger partial charge >= 0.3 is 0 Å². The van der Waals surface area contributed by atoms with Crippen molar-refractivity contribution < 1.29 is 4.79 Å². The van der Waals surface area contributed by atoms with Gasteiger partial charge in [-0.05, 0) is 88.5 Å². The highest BCUT2D eigenvalue weighted by Crippen LogP contribution is 2.35. The molecule has 5 unspecified atom stereocenters. The lowest BCUT2D eigenvalue weighted by atomic mass is 9.73. The lowest BCUT2D eigenvalue weighted by Crippen LogP contribution is -2.47. The number of rotatable bonds is 6. The monoisotopic (exact) mass is 398 g/mol. The Balaban J connectivity index is 1.34. The van der Waals surface area contributed by atoms with Crippen LogP contribution < -0.4 is 22.1 Å². The Labute approximate surface area is 169 Å². The van der Waals surface area contributed by atoms with E-state index in [0.717, 1.165) is 50.6 Å². The first-order valence-electron chi connectivity index (χ1n) is 11.2. The lowest BCUT2D eigenvalue weighted by molar-refractivity contribution is -0.121. The van der Waals surface area contributed by atoms with E-state index in [4.69, 9.17) is 23.1 Å². The number of nitrogens with two attached hydrogens (primary N) is 2. The molecule has 0 radical (unpaired) electrons. The molecule has 1 amide bonds. The maximum Gasteiger partial charge on any atom is 0.220 e. The summed E-state index contributed by atoms with van der Waals surface area (Å²) in [5.74, 6) is 2.18. The number of carbonyl (C=O) groups excluding carboxylic acids is 1. The molecule has 1 heterocycles. The molecule has 2 saturated carbocycles. The van der Waals surface area contributed by atoms with Gasteiger partial charge in [-0.25, -0.2) is 0 Å². The molecule has 0 aromatic heterocycles. The van der Waals surface area contributed by atoms with Crippen molar-refractivity contribution >= 4 is 17.5 Å². The lowest BCUT2D eigenvalue weighted by Gasteiger charge is -2.38. The van der Waals surface area contributed by atoms with Crippen molar-refractivity contribution in [3.05, 3.63) is 0 Å². The number of nitrogens with one attached hydrogen (secondary N) is 2. The minimum Gasteiger partial charge on any atom is -0.355 e. The molecule has 0 bridgehead atoms. The summed E-state index contributed by atoms with van der Waals surface area (Å²) >= 11 is 6.27. The molecule has 5 nitrogen and oxygen atoms in total. The Kier molecular flexibility index (Phi) is 8.24. The highest BCUT2D eigenvalue weighted by Gasteiger charge is 2.31. The molecular weight excluding hydrogens is 360 g/mol. The topological polar surface area (TPSA) is 93.2 Å². The highest BCUT2D eigenvalue weighted by atomic mass is 35.5. The molecule has 6 N–H and O–H groups in total. The standard InChI is InChI=1S/C21H39ClN4O/c22-17-4-7-20(24)16(11-17)3-8-21(27)26-13-19-12-15(9-10-25-19)14-1-5-18(23)6-2-14/h14-20,25H,1-13,23-24H2,(H,26,27). The fourth-order valence-electron chi connectivity index (χ4n) is 5.44. The largest absolute Gasteiger partial charge is 0.355 e. The van der Waals surface area contributed by atoms with E-state index < -0.39 is 0 Å². The number of piperidine rings is 1. The van der Waals surface area contributed by atoms with Crippen molar-refractivity contribution in [1.82, 2.24) is 10.6 Å². The van der Waals surface area contributed by atoms with Crippen LogP contribution in [-0.4, -0.2) is 42.5 Å². The van der Waals surface area contributed by atoms with Crippen molar-refractivity contribution in [3.63, 3.8) is 0 Å². The van der Waals surface area contributed by atoms with E-state index in [1.54, 1.807) is 0 Å². The molecular formula is C21H39ClN4O. The van der Waals surface area contributed by atoms with Gasteiger partial charge in [0, 0.05) is 36.5 Å². The van der Waals surface area contributed by atoms with Gasteiger partial charge in [0.15, 0.2) is 0 Å². The third kappa shape index (κ3) is 6.59. The summed E-state index contributed by atoms with van der Waals surface area (Å²) in [4.78, 5) is 12.3. The minimum absolute atomic E-state index is 0.159. The van der Waals surface area contributed by atoms with E-state index in [1.807, 2.05) is 0 Å². The normalized spacial score (nSPS) is 40.5. The summed E-state index contributed by atoms with van der Waals surface area (Å²) in [5.41, 5.74) is 12.3. The Bertz CT molecular complexity index is 469. The zero-order valence-corrected chi connectivity index (χ0v) is 17.4. The van der Waals surface area contributed by atoms with Crippen LogP contribution in [0.1, 0.15) is 70.6 Å². The van der Waals surface area contributed by atoms with Gasteiger partial charge in [-0.3, -0.25) is 4.79 Å². The van der Waals surface area contributed by atoms with Crippen LogP contribution in [0.3, 0.4) is 0 Å². The third-order valence-electron chi connectivity index (χ3n) is 7.28. The highest BCUT2D eigenvalue weighted by molar-refractivity contribution is 6.20. The van der Waals surface area contributed by atoms with E-state index in [1.165, 1.54) is 38.5 Å². The van der Waals surface area contributed by atoms with Crippen molar-refractivity contribution in [2.24, 2.45) is 29.2 Å². The Hall–Kier alpha value is -0.360. The molecule has 3 fully saturated rings. The van der Waals surface area contributed by atoms with Crippen molar-refractivity contribution in [2.75, 3.05) is 13.1 Å². The summed E-state index contributed by atoms with van der Waals surface area (Å²) in [6.45, 7) is 1.82. The Morgan fingerprint density at radius 3 is 2.56 bits per heavy atom. The van der Waals surface area contributed by atoms with Gasteiger partial charge in [-0.15, -0.1) is 11.6 Å². The number of alkyl halides is 1. The number of amides is 1. The zero-order chi connectivity index (χ0) is 19.2. The molecule has 3 rings (SSSR count). The molecule has 1 aliphatic heterocycles. The first-order valence-corrected chi connectivity index (χ1v) is 11.6. The second kappa shape index (κ2) is 10.4. The summed E-state index contributed by atoms with van der Waals surface area (Å²) in [5, 5.41) is 6.98. The first kappa shape index (κ1) is 21.4. The van der Waals surface area contributed by atoms with E-state index in [9.17, 15) is 4.79 Å². The van der Waals surface area contributed by atoms with Gasteiger partial charge in [-0.2, -0.15) is 0 Å². The van der Waals surface area contributed by atoms with E-state index >= 15 is 0 Å². The number of carbonyl (C=O) groups is 1. The maximum atomic E-state index is 12.3. The second-order valence-corrected chi connectivity index (χ2v) is 9.90. The van der Waals surface area contributed by atoms with Crippen LogP contribution in [0.15, 0.2) is 0 Å². The number of hydrogen-bond acceptors (Lipinski definition) is 4. The molecule has 1 saturated heterocycles. The van der Waals surface area contributed by atoms with E-state index in [-0.39, 0.29) is 17.3 Å². The van der Waals surface area contributed by atoms with Crippen molar-refractivity contribution in [3.8, 4) is 0 Å². The van der Waals surface area contributed by atoms with Crippen molar-refractivity contribution in [1.29, 1.82) is 0 Å². The van der Waals surface area contributed by atoms with Crippen LogP contribution in [0, 0.1) is 17.8 Å². The molecule has 156 valence electrons. The zero-order valence-electron chi connectivity index (χ0n) is 16.7. The predicted molar refractivity (Wildman–Crippen MR) is 112 cm³/mol. The molecule has 3 aliphatic rings. The first-order chi connectivity index (χ1) is 13.0. The predicted octanol–water partition coefficient (Wildman–Crippen LogP) is 2.50. The fraction of sp³-hybridized carbons (Fsp3) is 0.952. The Morgan fingerprint density at radius 1 is 1.00 bits per heavy atom. The number of halogens is 1. The molecule has 2 aliphatic carbocycles. The average molecular weight is 399 g/mol. The van der Waals surface area contributed by atoms with Crippen LogP contribution >= 0.6 is 11.6 Å². The smallest absolute Gasteiger partial charge is 0.220 e. The summed E-state index contributed by atoms with van der Waals surface area (Å²) < 4.78 is 0. The second-order valence-electron chi connectivity index (χ2n) is 9.29. The summed E-state index contributed by atoms with van der Waals surface area (Å²) in [6.07, 6.45) is 11.8. The van der Waals surface area contributed by atoms with E-state index in [0.29, 0.717) is 24.4 Å². The van der Waals surface area contributed by atoms with Crippen molar-refractivity contribution in [2.45, 2.75) is 94.1 Å². The van der Waals surface area contributed by atoms with Gasteiger partial charge in [0.2, 0.25) is 5.91 Å². The molecule has 6 heteroatoms. The van der Waals surface area contributed by atoms with E-state index in [2.05, 4.69) is 10.6 Å². The van der Waals surface area contributed by atoms with Gasteiger partial charge in [0.05, 0.1) is 0 Å². The summed E-state index contributed by atoms with van der Waals surface area (Å²) in [6, 6.07) is 1.04. The van der Waals surface area contributed by atoms with Crippen LogP contribution in [-0.2, 0) is 4.79 Å². The van der Waals surface area contributed by atoms with Gasteiger partial charge in [0.25, 0.3) is 0 Å². The van der Waals surface area contributed by atoms with Gasteiger partial charge in [0.1, 0.15) is 0 Å². The minimum atomic E-state index is 0.159. The van der Waals surface area contributed by atoms with Crippen LogP contribution in [0.5, 0.6) is 0 Å². The van der Waals surface area contributed by atoms with Gasteiger partial charge in [-0.1, -0.05) is 0 Å². The number of hydrogen-bond donors (Lipinski definition) is 4. The van der Waals surface area contributed by atoms with Crippen LogP contribution in [0.25, 0.3) is 0 Å². The quantitative estimate of drug-likeness (QED) is 0.517. The van der Waals surface area contributed by atoms with Gasteiger partial charge < -0.3 is 22.1 Å². The SMILES string of the molecule is NC1CCC(C2CCNC(CNC(=O)CCC3CC(Cl)CCC3N)C2)CC1. The molecule has 0 aromatic rings. The molecule has 0 aromatic carbocycles. The Morgan fingerprint density at radius 2 is 1.78 bits per heavy atom. The maximum absolute atomic E-state index is 12.3. The third-order valence-corrected chi connectivity index (χ3v) is 7.68. The molecule has 5 atom stereocenters. The molecule has 27 heavy (non-hydrogen) atoms. The molecule has 0 spiro atoms. The average Bonchev–Trinajstić information content (AvgIpc) is 2.68. The summed E-state index contributed by atoms with van der Waals surface area (Å²) in [7, 11) is 0. The van der Waals surface area contributed by atoms with Crippen LogP contribution in [0.2, 0.25) is 0 Å².